The number of esters is 1. The molecule has 1 atom stereocenters. The first-order valence-electron chi connectivity index (χ1n) is 4.37. The summed E-state index contributed by atoms with van der Waals surface area (Å²) in [5.41, 5.74) is 4.90. The molecule has 1 amide bonds. The fraction of sp³-hybridized carbons (Fsp3) is 0.200. The SMILES string of the molecule is C[C@H](OC(=O)c1ccc(F)cc1Cl)C(N)=O. The van der Waals surface area contributed by atoms with Gasteiger partial charge in [-0.25, -0.2) is 9.18 Å². The van der Waals surface area contributed by atoms with Crippen LogP contribution in [0.1, 0.15) is 17.3 Å². The van der Waals surface area contributed by atoms with Crippen LogP contribution in [-0.4, -0.2) is 18.0 Å². The Balaban J connectivity index is 2.85. The molecule has 1 aromatic rings. The lowest BCUT2D eigenvalue weighted by molar-refractivity contribution is -0.125. The lowest BCUT2D eigenvalue weighted by Gasteiger charge is -2.10. The second-order valence-corrected chi connectivity index (χ2v) is 3.48. The van der Waals surface area contributed by atoms with Crippen molar-refractivity contribution in [2.75, 3.05) is 0 Å². The number of primary amides is 1. The Morgan fingerprint density at radius 1 is 1.50 bits per heavy atom. The predicted octanol–water partition coefficient (Wildman–Crippen LogP) is 1.51. The Morgan fingerprint density at radius 2 is 2.12 bits per heavy atom. The molecule has 0 aromatic heterocycles. The van der Waals surface area contributed by atoms with Gasteiger partial charge in [-0.15, -0.1) is 0 Å². The highest BCUT2D eigenvalue weighted by molar-refractivity contribution is 6.33. The molecule has 0 aliphatic carbocycles. The molecule has 0 aliphatic rings. The molecule has 0 saturated carbocycles. The maximum Gasteiger partial charge on any atom is 0.340 e. The predicted molar refractivity (Wildman–Crippen MR) is 55.5 cm³/mol. The summed E-state index contributed by atoms with van der Waals surface area (Å²) >= 11 is 5.63. The summed E-state index contributed by atoms with van der Waals surface area (Å²) in [6.07, 6.45) is -1.06. The van der Waals surface area contributed by atoms with Gasteiger partial charge in [0, 0.05) is 0 Å². The number of amides is 1. The molecule has 0 aliphatic heterocycles. The summed E-state index contributed by atoms with van der Waals surface area (Å²) in [4.78, 5) is 22.1. The summed E-state index contributed by atoms with van der Waals surface area (Å²) in [6, 6.07) is 3.22. The maximum atomic E-state index is 12.7. The van der Waals surface area contributed by atoms with E-state index >= 15 is 0 Å². The highest BCUT2D eigenvalue weighted by Gasteiger charge is 2.18. The van der Waals surface area contributed by atoms with Crippen LogP contribution in [0, 0.1) is 5.82 Å². The van der Waals surface area contributed by atoms with E-state index in [2.05, 4.69) is 0 Å². The molecule has 0 saturated heterocycles. The normalized spacial score (nSPS) is 11.9. The van der Waals surface area contributed by atoms with Crippen LogP contribution >= 0.6 is 11.6 Å². The van der Waals surface area contributed by atoms with Gasteiger partial charge in [-0.05, 0) is 25.1 Å². The highest BCUT2D eigenvalue weighted by atomic mass is 35.5. The number of carbonyl (C=O) groups excluding carboxylic acids is 2. The molecule has 6 heteroatoms. The van der Waals surface area contributed by atoms with E-state index in [1.54, 1.807) is 0 Å². The van der Waals surface area contributed by atoms with E-state index in [1.807, 2.05) is 0 Å². The Hall–Kier alpha value is -1.62. The topological polar surface area (TPSA) is 69.4 Å². The third-order valence-corrected chi connectivity index (χ3v) is 2.15. The number of rotatable bonds is 3. The van der Waals surface area contributed by atoms with Crippen LogP contribution in [0.15, 0.2) is 18.2 Å². The van der Waals surface area contributed by atoms with Crippen LogP contribution in [0.2, 0.25) is 5.02 Å². The van der Waals surface area contributed by atoms with Gasteiger partial charge in [0.2, 0.25) is 0 Å². The first-order chi connectivity index (χ1) is 7.41. The molecule has 0 radical (unpaired) electrons. The quantitative estimate of drug-likeness (QED) is 0.821. The Bertz CT molecular complexity index is 436. The second kappa shape index (κ2) is 4.94. The van der Waals surface area contributed by atoms with Crippen LogP contribution in [0.4, 0.5) is 4.39 Å². The number of benzene rings is 1. The van der Waals surface area contributed by atoms with Gasteiger partial charge in [0.25, 0.3) is 5.91 Å². The largest absolute Gasteiger partial charge is 0.449 e. The molecule has 2 N–H and O–H groups in total. The van der Waals surface area contributed by atoms with Gasteiger partial charge in [0.05, 0.1) is 10.6 Å². The number of hydrogen-bond donors (Lipinski definition) is 1. The molecule has 1 rings (SSSR count). The minimum absolute atomic E-state index is 0.0174. The molecule has 0 bridgehead atoms. The average molecular weight is 246 g/mol. The van der Waals surface area contributed by atoms with Crippen LogP contribution in [0.3, 0.4) is 0 Å². The van der Waals surface area contributed by atoms with E-state index in [1.165, 1.54) is 13.0 Å². The summed E-state index contributed by atoms with van der Waals surface area (Å²) in [5, 5.41) is -0.0818. The monoisotopic (exact) mass is 245 g/mol. The van der Waals surface area contributed by atoms with Crippen molar-refractivity contribution in [3.63, 3.8) is 0 Å². The van der Waals surface area contributed by atoms with Gasteiger partial charge < -0.3 is 10.5 Å². The lowest BCUT2D eigenvalue weighted by Crippen LogP contribution is -2.30. The van der Waals surface area contributed by atoms with Crippen molar-refractivity contribution in [3.8, 4) is 0 Å². The highest BCUT2D eigenvalue weighted by Crippen LogP contribution is 2.18. The second-order valence-electron chi connectivity index (χ2n) is 3.07. The fourth-order valence-electron chi connectivity index (χ4n) is 0.937. The van der Waals surface area contributed by atoms with Crippen LogP contribution in [0.5, 0.6) is 0 Å². The van der Waals surface area contributed by atoms with Crippen molar-refractivity contribution >= 4 is 23.5 Å². The zero-order valence-corrected chi connectivity index (χ0v) is 9.12. The number of carbonyl (C=O) groups is 2. The van der Waals surface area contributed by atoms with Crippen molar-refractivity contribution < 1.29 is 18.7 Å². The summed E-state index contributed by atoms with van der Waals surface area (Å²) in [7, 11) is 0. The zero-order chi connectivity index (χ0) is 12.3. The van der Waals surface area contributed by atoms with E-state index in [0.717, 1.165) is 12.1 Å². The van der Waals surface area contributed by atoms with E-state index in [9.17, 15) is 14.0 Å². The van der Waals surface area contributed by atoms with E-state index < -0.39 is 23.8 Å². The molecule has 16 heavy (non-hydrogen) atoms. The molecule has 86 valence electrons. The Morgan fingerprint density at radius 3 is 2.62 bits per heavy atom. The summed E-state index contributed by atoms with van der Waals surface area (Å²) in [6.45, 7) is 1.33. The number of hydrogen-bond acceptors (Lipinski definition) is 3. The van der Waals surface area contributed by atoms with Gasteiger partial charge in [0.1, 0.15) is 5.82 Å². The van der Waals surface area contributed by atoms with Crippen LogP contribution in [-0.2, 0) is 9.53 Å². The van der Waals surface area contributed by atoms with E-state index in [0.29, 0.717) is 0 Å². The minimum Gasteiger partial charge on any atom is -0.449 e. The number of ether oxygens (including phenoxy) is 1. The van der Waals surface area contributed by atoms with Crippen molar-refractivity contribution in [3.05, 3.63) is 34.6 Å². The zero-order valence-electron chi connectivity index (χ0n) is 8.37. The molecular weight excluding hydrogens is 237 g/mol. The van der Waals surface area contributed by atoms with Crippen molar-refractivity contribution in [1.29, 1.82) is 0 Å². The third kappa shape index (κ3) is 2.93. The standard InChI is InChI=1S/C10H9ClFNO3/c1-5(9(13)14)16-10(15)7-3-2-6(12)4-8(7)11/h2-5H,1H3,(H2,13,14)/t5-/m0/s1. The molecule has 4 nitrogen and oxygen atoms in total. The first kappa shape index (κ1) is 12.4. The molecule has 1 aromatic carbocycles. The minimum atomic E-state index is -1.06. The van der Waals surface area contributed by atoms with Gasteiger partial charge >= 0.3 is 5.97 Å². The maximum absolute atomic E-state index is 12.7. The average Bonchev–Trinajstić information content (AvgIpc) is 2.16. The van der Waals surface area contributed by atoms with Crippen molar-refractivity contribution in [2.24, 2.45) is 5.73 Å². The summed E-state index contributed by atoms with van der Waals surface area (Å²) in [5.74, 6) is -2.16. The van der Waals surface area contributed by atoms with Crippen LogP contribution in [0.25, 0.3) is 0 Å². The number of halogens is 2. The Kier molecular flexibility index (Phi) is 3.84. The fourth-order valence-corrected chi connectivity index (χ4v) is 1.18. The van der Waals surface area contributed by atoms with Gasteiger partial charge in [-0.2, -0.15) is 0 Å². The van der Waals surface area contributed by atoms with Gasteiger partial charge in [-0.3, -0.25) is 4.79 Å². The molecule has 0 heterocycles. The first-order valence-corrected chi connectivity index (χ1v) is 4.75. The Labute approximate surface area is 96.1 Å². The molecule has 0 unspecified atom stereocenters. The molecule has 0 spiro atoms. The lowest BCUT2D eigenvalue weighted by atomic mass is 10.2. The van der Waals surface area contributed by atoms with Crippen molar-refractivity contribution in [1.82, 2.24) is 0 Å². The van der Waals surface area contributed by atoms with Crippen molar-refractivity contribution in [2.45, 2.75) is 13.0 Å². The number of nitrogens with two attached hydrogens (primary N) is 1. The van der Waals surface area contributed by atoms with Crippen LogP contribution < -0.4 is 5.73 Å². The molecule has 0 fully saturated rings. The smallest absolute Gasteiger partial charge is 0.340 e. The third-order valence-electron chi connectivity index (χ3n) is 1.84. The summed E-state index contributed by atoms with van der Waals surface area (Å²) < 4.78 is 17.4. The van der Waals surface area contributed by atoms with E-state index in [4.69, 9.17) is 22.1 Å². The van der Waals surface area contributed by atoms with Gasteiger partial charge in [0.15, 0.2) is 6.10 Å². The molecular formula is C10H9ClFNO3. The van der Waals surface area contributed by atoms with Gasteiger partial charge in [-0.1, -0.05) is 11.6 Å². The van der Waals surface area contributed by atoms with E-state index in [-0.39, 0.29) is 10.6 Å².